The molecule has 3 heteroatoms. The van der Waals surface area contributed by atoms with E-state index in [0.29, 0.717) is 17.9 Å². The van der Waals surface area contributed by atoms with Gasteiger partial charge in [-0.15, -0.1) is 6.58 Å². The molecule has 84 valence electrons. The molecule has 1 aromatic carbocycles. The third kappa shape index (κ3) is 2.26. The number of para-hydroxylation sites is 1. The van der Waals surface area contributed by atoms with Crippen LogP contribution in [0, 0.1) is 11.3 Å². The molecule has 0 radical (unpaired) electrons. The Bertz CT molecular complexity index is 584. The summed E-state index contributed by atoms with van der Waals surface area (Å²) in [5.41, 5.74) is 1.30. The molecule has 1 heterocycles. The zero-order valence-corrected chi connectivity index (χ0v) is 9.39. The van der Waals surface area contributed by atoms with Gasteiger partial charge in [-0.25, -0.2) is 0 Å². The van der Waals surface area contributed by atoms with Crippen LogP contribution < -0.4 is 4.74 Å². The molecule has 0 spiro atoms. The lowest BCUT2D eigenvalue weighted by Crippen LogP contribution is -1.99. The highest BCUT2D eigenvalue weighted by atomic mass is 16.5. The molecule has 0 fully saturated rings. The Morgan fingerprint density at radius 2 is 2.24 bits per heavy atom. The number of fused-ring (bicyclic) bond motifs is 1. The van der Waals surface area contributed by atoms with Gasteiger partial charge in [-0.2, -0.15) is 5.26 Å². The normalized spacial score (nSPS) is 9.82. The molecule has 2 aromatic rings. The van der Waals surface area contributed by atoms with E-state index in [0.717, 1.165) is 17.3 Å². The minimum absolute atomic E-state index is 0.466. The van der Waals surface area contributed by atoms with Crippen LogP contribution in [-0.4, -0.2) is 11.6 Å². The van der Waals surface area contributed by atoms with Gasteiger partial charge >= 0.3 is 0 Å². The highest BCUT2D eigenvalue weighted by Gasteiger charge is 2.09. The molecule has 0 bridgehead atoms. The first-order valence-corrected chi connectivity index (χ1v) is 5.38. The Morgan fingerprint density at radius 3 is 3.00 bits per heavy atom. The molecule has 1 aromatic heterocycles. The van der Waals surface area contributed by atoms with Crippen molar-refractivity contribution < 1.29 is 4.74 Å². The number of hydrogen-bond donors (Lipinski definition) is 0. The number of benzene rings is 1. The molecule has 2 rings (SSSR count). The minimum atomic E-state index is 0.466. The number of rotatable bonds is 4. The Morgan fingerprint density at radius 1 is 1.41 bits per heavy atom. The monoisotopic (exact) mass is 224 g/mol. The average Bonchev–Trinajstić information content (AvgIpc) is 2.39. The minimum Gasteiger partial charge on any atom is -0.491 e. The van der Waals surface area contributed by atoms with Crippen molar-refractivity contribution in [3.63, 3.8) is 0 Å². The molecule has 0 saturated carbocycles. The van der Waals surface area contributed by atoms with Crippen LogP contribution in [-0.2, 0) is 0 Å². The van der Waals surface area contributed by atoms with Crippen LogP contribution in [0.2, 0.25) is 0 Å². The van der Waals surface area contributed by atoms with Gasteiger partial charge in [-0.3, -0.25) is 4.98 Å². The number of ether oxygens (including phenoxy) is 1. The first kappa shape index (κ1) is 11.2. The molecule has 0 aliphatic rings. The van der Waals surface area contributed by atoms with Crippen molar-refractivity contribution in [1.82, 2.24) is 4.98 Å². The van der Waals surface area contributed by atoms with Gasteiger partial charge in [0.1, 0.15) is 17.4 Å². The molecule has 0 aliphatic carbocycles. The zero-order valence-electron chi connectivity index (χ0n) is 9.39. The van der Waals surface area contributed by atoms with Crippen LogP contribution in [0.1, 0.15) is 12.0 Å². The molecule has 0 unspecified atom stereocenters. The van der Waals surface area contributed by atoms with Gasteiger partial charge in [0.2, 0.25) is 0 Å². The van der Waals surface area contributed by atoms with Crippen LogP contribution in [0.15, 0.2) is 43.1 Å². The summed E-state index contributed by atoms with van der Waals surface area (Å²) < 4.78 is 5.65. The maximum Gasteiger partial charge on any atom is 0.148 e. The maximum absolute atomic E-state index is 9.04. The third-order valence-corrected chi connectivity index (χ3v) is 2.41. The Balaban J connectivity index is 2.48. The summed E-state index contributed by atoms with van der Waals surface area (Å²) in [6.07, 6.45) is 4.09. The molecule has 0 aliphatic heterocycles. The predicted molar refractivity (Wildman–Crippen MR) is 66.8 cm³/mol. The van der Waals surface area contributed by atoms with E-state index in [1.165, 1.54) is 0 Å². The standard InChI is InChI=1S/C14H12N2O/c1-2-3-8-17-14-11(9-15)10-16-13-7-5-4-6-12(13)14/h2,4-7,10H,1,3,8H2. The van der Waals surface area contributed by atoms with Gasteiger partial charge in [0, 0.05) is 11.6 Å². The van der Waals surface area contributed by atoms with Gasteiger partial charge < -0.3 is 4.74 Å². The van der Waals surface area contributed by atoms with Crippen molar-refractivity contribution in [3.05, 3.63) is 48.7 Å². The van der Waals surface area contributed by atoms with Crippen LogP contribution in [0.5, 0.6) is 5.75 Å². The quantitative estimate of drug-likeness (QED) is 0.592. The SMILES string of the molecule is C=CCCOc1c(C#N)cnc2ccccc12. The van der Waals surface area contributed by atoms with Crippen molar-refractivity contribution in [2.75, 3.05) is 6.61 Å². The summed E-state index contributed by atoms with van der Waals surface area (Å²) in [5.74, 6) is 0.611. The van der Waals surface area contributed by atoms with Gasteiger partial charge in [-0.05, 0) is 18.6 Å². The summed E-state index contributed by atoms with van der Waals surface area (Å²) in [7, 11) is 0. The summed E-state index contributed by atoms with van der Waals surface area (Å²) in [6, 6.07) is 9.73. The summed E-state index contributed by atoms with van der Waals surface area (Å²) in [5, 5.41) is 9.92. The zero-order chi connectivity index (χ0) is 12.1. The first-order chi connectivity index (χ1) is 8.36. The summed E-state index contributed by atoms with van der Waals surface area (Å²) in [4.78, 5) is 4.22. The van der Waals surface area contributed by atoms with Crippen LogP contribution >= 0.6 is 0 Å². The molecule has 3 nitrogen and oxygen atoms in total. The molecular formula is C14H12N2O. The summed E-state index contributed by atoms with van der Waals surface area (Å²) in [6.45, 7) is 4.16. The highest BCUT2D eigenvalue weighted by Crippen LogP contribution is 2.27. The average molecular weight is 224 g/mol. The second-order valence-electron chi connectivity index (χ2n) is 3.56. The molecular weight excluding hydrogens is 212 g/mol. The lowest BCUT2D eigenvalue weighted by Gasteiger charge is -2.09. The van der Waals surface area contributed by atoms with E-state index in [9.17, 15) is 0 Å². The van der Waals surface area contributed by atoms with Crippen LogP contribution in [0.3, 0.4) is 0 Å². The van der Waals surface area contributed by atoms with Crippen molar-refractivity contribution in [3.8, 4) is 11.8 Å². The second kappa shape index (κ2) is 5.13. The molecule has 0 atom stereocenters. The van der Waals surface area contributed by atoms with Gasteiger partial charge in [0.15, 0.2) is 0 Å². The van der Waals surface area contributed by atoms with E-state index in [-0.39, 0.29) is 0 Å². The molecule has 0 N–H and O–H groups in total. The topological polar surface area (TPSA) is 45.9 Å². The largest absolute Gasteiger partial charge is 0.491 e. The maximum atomic E-state index is 9.04. The number of aromatic nitrogens is 1. The predicted octanol–water partition coefficient (Wildman–Crippen LogP) is 3.06. The Labute approximate surface area is 100.0 Å². The number of nitriles is 1. The van der Waals surface area contributed by atoms with Crippen molar-refractivity contribution in [1.29, 1.82) is 5.26 Å². The van der Waals surface area contributed by atoms with E-state index < -0.39 is 0 Å². The van der Waals surface area contributed by atoms with E-state index >= 15 is 0 Å². The second-order valence-corrected chi connectivity index (χ2v) is 3.56. The van der Waals surface area contributed by atoms with E-state index in [2.05, 4.69) is 17.6 Å². The number of hydrogen-bond acceptors (Lipinski definition) is 3. The highest BCUT2D eigenvalue weighted by molar-refractivity contribution is 5.86. The molecule has 0 amide bonds. The molecule has 0 saturated heterocycles. The lowest BCUT2D eigenvalue weighted by atomic mass is 10.1. The molecule has 17 heavy (non-hydrogen) atoms. The third-order valence-electron chi connectivity index (χ3n) is 2.41. The van der Waals surface area contributed by atoms with Crippen molar-refractivity contribution in [2.45, 2.75) is 6.42 Å². The first-order valence-electron chi connectivity index (χ1n) is 5.38. The lowest BCUT2D eigenvalue weighted by molar-refractivity contribution is 0.328. The summed E-state index contributed by atoms with van der Waals surface area (Å²) >= 11 is 0. The van der Waals surface area contributed by atoms with Crippen LogP contribution in [0.25, 0.3) is 10.9 Å². The van der Waals surface area contributed by atoms with E-state index in [1.54, 1.807) is 12.3 Å². The van der Waals surface area contributed by atoms with Crippen molar-refractivity contribution >= 4 is 10.9 Å². The fourth-order valence-corrected chi connectivity index (χ4v) is 1.60. The Kier molecular flexibility index (Phi) is 3.37. The fraction of sp³-hybridized carbons (Fsp3) is 0.143. The van der Waals surface area contributed by atoms with Gasteiger partial charge in [-0.1, -0.05) is 18.2 Å². The number of pyridine rings is 1. The smallest absolute Gasteiger partial charge is 0.148 e. The van der Waals surface area contributed by atoms with Gasteiger partial charge in [0.25, 0.3) is 0 Å². The van der Waals surface area contributed by atoms with Crippen LogP contribution in [0.4, 0.5) is 0 Å². The van der Waals surface area contributed by atoms with Gasteiger partial charge in [0.05, 0.1) is 12.1 Å². The number of nitrogens with zero attached hydrogens (tertiary/aromatic N) is 2. The van der Waals surface area contributed by atoms with Crippen molar-refractivity contribution in [2.24, 2.45) is 0 Å². The Hall–Kier alpha value is -2.34. The fourth-order valence-electron chi connectivity index (χ4n) is 1.60. The van der Waals surface area contributed by atoms with E-state index in [4.69, 9.17) is 10.00 Å². The van der Waals surface area contributed by atoms with E-state index in [1.807, 2.05) is 24.3 Å².